The largest absolute Gasteiger partial charge is 0.493 e. The number of hydrogen-bond acceptors (Lipinski definition) is 6. The van der Waals surface area contributed by atoms with Crippen LogP contribution in [0.5, 0.6) is 11.5 Å². The van der Waals surface area contributed by atoms with Gasteiger partial charge in [0, 0.05) is 11.3 Å². The van der Waals surface area contributed by atoms with E-state index in [1.165, 1.54) is 11.3 Å². The number of methoxy groups -OCH3 is 2. The highest BCUT2D eigenvalue weighted by atomic mass is 32.1. The van der Waals surface area contributed by atoms with Gasteiger partial charge in [-0.15, -0.1) is 11.3 Å². The summed E-state index contributed by atoms with van der Waals surface area (Å²) in [5, 5.41) is 12.5. The first kappa shape index (κ1) is 18.4. The summed E-state index contributed by atoms with van der Waals surface area (Å²) in [5.41, 5.74) is 2.53. The lowest BCUT2D eigenvalue weighted by molar-refractivity contribution is 0.103. The number of thiazole rings is 1. The summed E-state index contributed by atoms with van der Waals surface area (Å²) in [4.78, 5) is 17.7. The molecule has 0 atom stereocenters. The molecule has 0 fully saturated rings. The highest BCUT2D eigenvalue weighted by molar-refractivity contribution is 7.17. The first-order chi connectivity index (χ1) is 13.0. The molecule has 27 heavy (non-hydrogen) atoms. The van der Waals surface area contributed by atoms with Crippen molar-refractivity contribution in [3.8, 4) is 28.1 Å². The molecule has 0 aliphatic heterocycles. The molecule has 1 N–H and O–H groups in total. The predicted octanol–water partition coefficient (Wildman–Crippen LogP) is 4.26. The molecule has 0 spiro atoms. The summed E-state index contributed by atoms with van der Waals surface area (Å²) in [6.07, 6.45) is 0. The van der Waals surface area contributed by atoms with E-state index in [4.69, 9.17) is 14.7 Å². The van der Waals surface area contributed by atoms with Crippen molar-refractivity contribution < 1.29 is 14.3 Å². The smallest absolute Gasteiger partial charge is 0.267 e. The molecule has 0 aliphatic rings. The van der Waals surface area contributed by atoms with Gasteiger partial charge in [-0.2, -0.15) is 5.26 Å². The van der Waals surface area contributed by atoms with Crippen LogP contribution in [0.25, 0.3) is 10.6 Å². The molecule has 3 rings (SSSR count). The van der Waals surface area contributed by atoms with Gasteiger partial charge in [-0.1, -0.05) is 6.07 Å². The highest BCUT2D eigenvalue weighted by Gasteiger charge is 2.17. The van der Waals surface area contributed by atoms with Gasteiger partial charge in [-0.3, -0.25) is 4.79 Å². The number of aryl methyl sites for hydroxylation is 1. The van der Waals surface area contributed by atoms with Crippen molar-refractivity contribution >= 4 is 22.9 Å². The van der Waals surface area contributed by atoms with E-state index in [1.54, 1.807) is 51.5 Å². The van der Waals surface area contributed by atoms with Crippen molar-refractivity contribution in [1.29, 1.82) is 5.26 Å². The lowest BCUT2D eigenvalue weighted by Gasteiger charge is -2.08. The van der Waals surface area contributed by atoms with Gasteiger partial charge in [-0.25, -0.2) is 4.98 Å². The summed E-state index contributed by atoms with van der Waals surface area (Å²) in [6, 6.07) is 14.3. The molecule has 0 saturated heterocycles. The second kappa shape index (κ2) is 7.89. The van der Waals surface area contributed by atoms with Crippen LogP contribution in [0.1, 0.15) is 20.9 Å². The number of carbonyl (C=O) groups excluding carboxylic acids is 1. The predicted molar refractivity (Wildman–Crippen MR) is 105 cm³/mol. The number of rotatable bonds is 5. The standard InChI is InChI=1S/C20H17N3O3S/c1-12-18(19(24)23-15-6-4-5-13(9-15)11-21)27-20(22-12)14-7-8-16(25-2)17(10-14)26-3/h4-10H,1-3H3,(H,23,24). The second-order valence-corrected chi connectivity index (χ2v) is 6.65. The molecule has 1 heterocycles. The van der Waals surface area contributed by atoms with Crippen LogP contribution in [0.3, 0.4) is 0 Å². The van der Waals surface area contributed by atoms with Crippen molar-refractivity contribution in [3.05, 3.63) is 58.6 Å². The number of amides is 1. The third-order valence-electron chi connectivity index (χ3n) is 3.88. The second-order valence-electron chi connectivity index (χ2n) is 5.65. The Bertz CT molecular complexity index is 1040. The zero-order valence-electron chi connectivity index (χ0n) is 15.1. The zero-order valence-corrected chi connectivity index (χ0v) is 15.9. The molecule has 2 aromatic carbocycles. The van der Waals surface area contributed by atoms with E-state index in [2.05, 4.69) is 16.4 Å². The number of ether oxygens (including phenoxy) is 2. The summed E-state index contributed by atoms with van der Waals surface area (Å²) < 4.78 is 10.6. The lowest BCUT2D eigenvalue weighted by atomic mass is 10.2. The van der Waals surface area contributed by atoms with Crippen LogP contribution in [0.2, 0.25) is 0 Å². The van der Waals surface area contributed by atoms with E-state index in [1.807, 2.05) is 12.1 Å². The average molecular weight is 379 g/mol. The Hall–Kier alpha value is -3.37. The van der Waals surface area contributed by atoms with Gasteiger partial charge in [0.1, 0.15) is 9.88 Å². The third-order valence-corrected chi connectivity index (χ3v) is 5.09. The van der Waals surface area contributed by atoms with Crippen molar-refractivity contribution in [2.75, 3.05) is 19.5 Å². The maximum Gasteiger partial charge on any atom is 0.267 e. The number of nitrogens with zero attached hydrogens (tertiary/aromatic N) is 2. The van der Waals surface area contributed by atoms with Crippen molar-refractivity contribution in [1.82, 2.24) is 4.98 Å². The molecule has 7 heteroatoms. The summed E-state index contributed by atoms with van der Waals surface area (Å²) in [5.74, 6) is 0.971. The van der Waals surface area contributed by atoms with Crippen LogP contribution in [0, 0.1) is 18.3 Å². The molecule has 6 nitrogen and oxygen atoms in total. The van der Waals surface area contributed by atoms with Gasteiger partial charge in [0.15, 0.2) is 11.5 Å². The number of anilines is 1. The van der Waals surface area contributed by atoms with Crippen molar-refractivity contribution in [2.45, 2.75) is 6.92 Å². The fourth-order valence-corrected chi connectivity index (χ4v) is 3.51. The van der Waals surface area contributed by atoms with Gasteiger partial charge in [0.25, 0.3) is 5.91 Å². The fourth-order valence-electron chi connectivity index (χ4n) is 2.55. The minimum Gasteiger partial charge on any atom is -0.493 e. The topological polar surface area (TPSA) is 84.2 Å². The molecular weight excluding hydrogens is 362 g/mol. The van der Waals surface area contributed by atoms with Crippen LogP contribution in [0.4, 0.5) is 5.69 Å². The van der Waals surface area contributed by atoms with Gasteiger partial charge < -0.3 is 14.8 Å². The maximum atomic E-state index is 12.6. The van der Waals surface area contributed by atoms with E-state index in [-0.39, 0.29) is 5.91 Å². The molecule has 0 unspecified atom stereocenters. The van der Waals surface area contributed by atoms with Crippen LogP contribution >= 0.6 is 11.3 Å². The van der Waals surface area contributed by atoms with Crippen LogP contribution in [-0.4, -0.2) is 25.1 Å². The van der Waals surface area contributed by atoms with Gasteiger partial charge in [-0.05, 0) is 43.3 Å². The summed E-state index contributed by atoms with van der Waals surface area (Å²) in [6.45, 7) is 1.79. The Labute approximate surface area is 161 Å². The highest BCUT2D eigenvalue weighted by Crippen LogP contribution is 2.35. The number of nitriles is 1. The van der Waals surface area contributed by atoms with E-state index in [9.17, 15) is 4.79 Å². The molecule has 3 aromatic rings. The summed E-state index contributed by atoms with van der Waals surface area (Å²) in [7, 11) is 3.15. The number of benzene rings is 2. The van der Waals surface area contributed by atoms with Gasteiger partial charge in [0.2, 0.25) is 0 Å². The Morgan fingerprint density at radius 3 is 2.63 bits per heavy atom. The fraction of sp³-hybridized carbons (Fsp3) is 0.150. The minimum atomic E-state index is -0.258. The molecule has 1 amide bonds. The molecule has 1 aromatic heterocycles. The Morgan fingerprint density at radius 1 is 1.15 bits per heavy atom. The number of carbonyl (C=O) groups is 1. The normalized spacial score (nSPS) is 10.1. The number of nitrogens with one attached hydrogen (secondary N) is 1. The molecule has 0 bridgehead atoms. The Morgan fingerprint density at radius 2 is 1.93 bits per heavy atom. The van der Waals surface area contributed by atoms with Gasteiger partial charge in [0.05, 0.1) is 31.5 Å². The molecule has 136 valence electrons. The van der Waals surface area contributed by atoms with Crippen molar-refractivity contribution in [2.24, 2.45) is 0 Å². The lowest BCUT2D eigenvalue weighted by Crippen LogP contribution is -2.11. The van der Waals surface area contributed by atoms with Crippen LogP contribution < -0.4 is 14.8 Å². The zero-order chi connectivity index (χ0) is 19.4. The quantitative estimate of drug-likeness (QED) is 0.716. The maximum absolute atomic E-state index is 12.6. The van der Waals surface area contributed by atoms with E-state index in [0.717, 1.165) is 5.56 Å². The minimum absolute atomic E-state index is 0.258. The molecular formula is C20H17N3O3S. The summed E-state index contributed by atoms with van der Waals surface area (Å²) >= 11 is 1.30. The van der Waals surface area contributed by atoms with E-state index in [0.29, 0.717) is 38.3 Å². The SMILES string of the molecule is COc1ccc(-c2nc(C)c(C(=O)Nc3cccc(C#N)c3)s2)cc1OC. The van der Waals surface area contributed by atoms with Gasteiger partial charge >= 0.3 is 0 Å². The first-order valence-corrected chi connectivity index (χ1v) is 8.88. The van der Waals surface area contributed by atoms with Crippen LogP contribution in [0.15, 0.2) is 42.5 Å². The molecule has 0 saturated carbocycles. The third kappa shape index (κ3) is 3.91. The average Bonchev–Trinajstić information content (AvgIpc) is 3.09. The number of hydrogen-bond donors (Lipinski definition) is 1. The van der Waals surface area contributed by atoms with Crippen LogP contribution in [-0.2, 0) is 0 Å². The first-order valence-electron chi connectivity index (χ1n) is 8.07. The Balaban J connectivity index is 1.88. The Kier molecular flexibility index (Phi) is 5.38. The number of aromatic nitrogens is 1. The van der Waals surface area contributed by atoms with E-state index >= 15 is 0 Å². The van der Waals surface area contributed by atoms with E-state index < -0.39 is 0 Å². The molecule has 0 aliphatic carbocycles. The molecule has 0 radical (unpaired) electrons. The monoisotopic (exact) mass is 379 g/mol. The van der Waals surface area contributed by atoms with Crippen molar-refractivity contribution in [3.63, 3.8) is 0 Å².